The Morgan fingerprint density at radius 2 is 1.05 bits per heavy atom. The zero-order valence-electron chi connectivity index (χ0n) is 35.1. The predicted molar refractivity (Wildman–Crippen MR) is 240 cm³/mol. The first-order valence-corrected chi connectivity index (χ1v) is 22.1. The van der Waals surface area contributed by atoms with E-state index in [-0.39, 0.29) is 12.2 Å². The maximum absolute atomic E-state index is 12.7. The summed E-state index contributed by atoms with van der Waals surface area (Å²) in [4.78, 5) is 38.8. The number of anilines is 2. The van der Waals surface area contributed by atoms with Gasteiger partial charge in [-0.15, -0.1) is 0 Å². The number of rotatable bonds is 12. The lowest BCUT2D eigenvalue weighted by molar-refractivity contribution is 0.171. The normalized spacial score (nSPS) is 11.4. The van der Waals surface area contributed by atoms with Gasteiger partial charge in [0.1, 0.15) is 22.7 Å². The van der Waals surface area contributed by atoms with Gasteiger partial charge in [-0.05, 0) is 96.9 Å². The zero-order chi connectivity index (χ0) is 45.5. The van der Waals surface area contributed by atoms with E-state index in [0.717, 1.165) is 33.2 Å². The second-order valence-corrected chi connectivity index (χ2v) is 17.8. The van der Waals surface area contributed by atoms with Crippen LogP contribution in [0.5, 0.6) is 11.5 Å². The first-order valence-electron chi connectivity index (χ1n) is 18.7. The molecule has 0 atom stereocenters. The van der Waals surface area contributed by atoms with Crippen LogP contribution >= 0.6 is 12.2 Å². The van der Waals surface area contributed by atoms with E-state index in [1.54, 1.807) is 94.9 Å². The number of nitrogens with zero attached hydrogens (tertiary/aromatic N) is 2. The highest BCUT2D eigenvalue weighted by Gasteiger charge is 2.17. The molecule has 4 aromatic carbocycles. The van der Waals surface area contributed by atoms with Gasteiger partial charge in [-0.25, -0.2) is 23.8 Å². The number of carbonyl (C=O) groups excluding carboxylic acids is 2. The minimum atomic E-state index is -3.64. The highest BCUT2D eigenvalue weighted by atomic mass is 32.2. The molecular weight excluding hydrogens is 861 g/mol. The van der Waals surface area contributed by atoms with Crippen LogP contribution in [0, 0.1) is 18.6 Å². The maximum Gasteiger partial charge on any atom is 0.414 e. The van der Waals surface area contributed by atoms with Crippen LogP contribution in [0.2, 0.25) is 0 Å². The van der Waals surface area contributed by atoms with Crippen LogP contribution in [0.15, 0.2) is 98.6 Å². The largest absolute Gasteiger partial charge is 0.445 e. The zero-order valence-corrected chi connectivity index (χ0v) is 37.6. The number of hydrogen-bond acceptors (Lipinski definition) is 12. The molecule has 2 amide bonds. The van der Waals surface area contributed by atoms with Crippen molar-refractivity contribution in [2.45, 2.75) is 26.7 Å². The van der Waals surface area contributed by atoms with Crippen molar-refractivity contribution in [3.63, 3.8) is 0 Å². The smallest absolute Gasteiger partial charge is 0.414 e. The van der Waals surface area contributed by atoms with E-state index in [0.29, 0.717) is 50.4 Å². The topological polar surface area (TPSA) is 219 Å². The standard InChI is InChI=1S/C21H23N3O6S.C21H23N3O5S2/c1-13-17-9-8-16(29-21(26)24(3)4)12-19(17)30-20(25)18(13)11-14-6-5-7-15(10-14)23-31(27,28)22-2;1-13-17-9-8-16(28-21(25)24(3)4)12-19(17)29-20(30)18(13)11-14-6-5-7-15(10-14)23-31(26,27)22-2/h2*5-10,12,22-23H,11H2,1-4H3. The molecule has 328 valence electrons. The summed E-state index contributed by atoms with van der Waals surface area (Å²) in [5, 5.41) is 1.56. The van der Waals surface area contributed by atoms with E-state index in [4.69, 9.17) is 30.5 Å². The monoisotopic (exact) mass is 906 g/mol. The Morgan fingerprint density at radius 3 is 1.48 bits per heavy atom. The molecule has 17 nitrogen and oxygen atoms in total. The van der Waals surface area contributed by atoms with Gasteiger partial charge in [0.25, 0.3) is 20.4 Å². The molecule has 0 aliphatic rings. The fourth-order valence-corrected chi connectivity index (χ4v) is 7.37. The molecule has 62 heavy (non-hydrogen) atoms. The van der Waals surface area contributed by atoms with Crippen molar-refractivity contribution < 1.29 is 44.7 Å². The molecule has 0 aliphatic carbocycles. The fraction of sp³-hybridized carbons (Fsp3) is 0.238. The van der Waals surface area contributed by atoms with Gasteiger partial charge in [-0.1, -0.05) is 24.3 Å². The van der Waals surface area contributed by atoms with Crippen molar-refractivity contribution in [3.05, 3.63) is 133 Å². The summed E-state index contributed by atoms with van der Waals surface area (Å²) in [7, 11) is 1.73. The molecule has 0 aliphatic heterocycles. The van der Waals surface area contributed by atoms with E-state index in [2.05, 4.69) is 18.9 Å². The lowest BCUT2D eigenvalue weighted by Gasteiger charge is -2.13. The minimum Gasteiger partial charge on any atom is -0.445 e. The van der Waals surface area contributed by atoms with Gasteiger partial charge in [0.2, 0.25) is 0 Å². The summed E-state index contributed by atoms with van der Waals surface area (Å²) in [6.45, 7) is 3.76. The SMILES string of the molecule is CNS(=O)(=O)Nc1cccc(Cc2c(C)c3ccc(OC(=O)N(C)C)cc3oc2=O)c1.CNS(=O)(=O)Nc1cccc(Cc2c(C)c3ccc(OC(=O)N(C)C)cc3oc2=S)c1. The molecule has 0 saturated carbocycles. The number of carbonyl (C=O) groups is 2. The first kappa shape index (κ1) is 46.7. The van der Waals surface area contributed by atoms with E-state index in [1.807, 2.05) is 26.0 Å². The Labute approximate surface area is 364 Å². The van der Waals surface area contributed by atoms with Crippen LogP contribution in [0.25, 0.3) is 21.9 Å². The van der Waals surface area contributed by atoms with Gasteiger partial charge in [0.05, 0.1) is 11.4 Å². The summed E-state index contributed by atoms with van der Waals surface area (Å²) in [6.07, 6.45) is -0.295. The van der Waals surface area contributed by atoms with Crippen LogP contribution in [0.3, 0.4) is 0 Å². The molecule has 0 radical (unpaired) electrons. The maximum atomic E-state index is 12.7. The van der Waals surface area contributed by atoms with Crippen molar-refractivity contribution >= 4 is 78.1 Å². The molecule has 0 bridgehead atoms. The van der Waals surface area contributed by atoms with Crippen LogP contribution in [0.1, 0.15) is 33.4 Å². The number of fused-ring (bicyclic) bond motifs is 2. The number of aryl methyl sites for hydroxylation is 2. The molecule has 2 aromatic heterocycles. The number of nitrogens with one attached hydrogen (secondary N) is 4. The van der Waals surface area contributed by atoms with Gasteiger partial charge in [-0.3, -0.25) is 9.44 Å². The third-order valence-corrected chi connectivity index (χ3v) is 11.7. The van der Waals surface area contributed by atoms with Gasteiger partial charge in [0.15, 0.2) is 4.71 Å². The lowest BCUT2D eigenvalue weighted by atomic mass is 9.99. The van der Waals surface area contributed by atoms with Crippen LogP contribution in [-0.2, 0) is 33.3 Å². The lowest BCUT2D eigenvalue weighted by Crippen LogP contribution is -2.26. The summed E-state index contributed by atoms with van der Waals surface area (Å²) in [5.41, 5.74) is 5.71. The second kappa shape index (κ2) is 19.6. The molecule has 6 rings (SSSR count). The van der Waals surface area contributed by atoms with E-state index < -0.39 is 38.2 Å². The van der Waals surface area contributed by atoms with Gasteiger partial charge in [0, 0.05) is 89.2 Å². The summed E-state index contributed by atoms with van der Waals surface area (Å²) in [6, 6.07) is 23.9. The molecule has 20 heteroatoms. The van der Waals surface area contributed by atoms with E-state index in [1.165, 1.54) is 30.0 Å². The number of amides is 2. The molecule has 0 spiro atoms. The Balaban J connectivity index is 0.000000234. The average Bonchev–Trinajstić information content (AvgIpc) is 3.21. The van der Waals surface area contributed by atoms with E-state index >= 15 is 0 Å². The van der Waals surface area contributed by atoms with Gasteiger partial charge < -0.3 is 28.1 Å². The Kier molecular flexibility index (Phi) is 14.8. The van der Waals surface area contributed by atoms with Crippen LogP contribution < -0.4 is 34.0 Å². The molecule has 6 aromatic rings. The van der Waals surface area contributed by atoms with Crippen molar-refractivity contribution in [2.75, 3.05) is 51.7 Å². The average molecular weight is 907 g/mol. The van der Waals surface area contributed by atoms with Crippen molar-refractivity contribution in [1.29, 1.82) is 0 Å². The fourth-order valence-electron chi connectivity index (χ4n) is 5.98. The van der Waals surface area contributed by atoms with Crippen LogP contribution in [0.4, 0.5) is 21.0 Å². The highest BCUT2D eigenvalue weighted by Crippen LogP contribution is 2.30. The molecular formula is C42H46N6O11S3. The Bertz CT molecular complexity index is 2800. The Morgan fingerprint density at radius 1 is 0.629 bits per heavy atom. The van der Waals surface area contributed by atoms with Gasteiger partial charge >= 0.3 is 17.8 Å². The third-order valence-electron chi connectivity index (χ3n) is 9.32. The molecule has 2 heterocycles. The van der Waals surface area contributed by atoms with Crippen molar-refractivity contribution in [2.24, 2.45) is 0 Å². The van der Waals surface area contributed by atoms with Crippen molar-refractivity contribution in [1.82, 2.24) is 19.2 Å². The predicted octanol–water partition coefficient (Wildman–Crippen LogP) is 6.63. The van der Waals surface area contributed by atoms with E-state index in [9.17, 15) is 31.2 Å². The molecule has 0 unspecified atom stereocenters. The minimum absolute atomic E-state index is 0.261. The number of ether oxygens (including phenoxy) is 2. The van der Waals surface area contributed by atoms with Crippen molar-refractivity contribution in [3.8, 4) is 11.5 Å². The third kappa shape index (κ3) is 11.9. The van der Waals surface area contributed by atoms with Crippen LogP contribution in [-0.4, -0.2) is 81.1 Å². The molecule has 0 fully saturated rings. The molecule has 4 N–H and O–H groups in total. The Hall–Kier alpha value is -6.32. The summed E-state index contributed by atoms with van der Waals surface area (Å²) < 4.78 is 78.3. The number of hydrogen-bond donors (Lipinski definition) is 4. The molecule has 0 saturated heterocycles. The van der Waals surface area contributed by atoms with Gasteiger partial charge in [-0.2, -0.15) is 16.8 Å². The summed E-state index contributed by atoms with van der Waals surface area (Å²) >= 11 is 5.47. The number of benzene rings is 4. The highest BCUT2D eigenvalue weighted by molar-refractivity contribution is 7.91. The summed E-state index contributed by atoms with van der Waals surface area (Å²) in [5.74, 6) is 0.632. The first-order chi connectivity index (χ1) is 29.2. The second-order valence-electron chi connectivity index (χ2n) is 14.2. The quantitative estimate of drug-likeness (QED) is 0.0752.